The summed E-state index contributed by atoms with van der Waals surface area (Å²) in [6.45, 7) is 0. The van der Waals surface area contributed by atoms with Gasteiger partial charge in [0.2, 0.25) is 0 Å². The maximum absolute atomic E-state index is 2.36. The summed E-state index contributed by atoms with van der Waals surface area (Å²) in [5, 5.41) is 2.48. The van der Waals surface area contributed by atoms with Gasteiger partial charge in [-0.3, -0.25) is 0 Å². The molecule has 0 amide bonds. The molecule has 65 heavy (non-hydrogen) atoms. The van der Waals surface area contributed by atoms with Gasteiger partial charge < -0.3 is 4.90 Å². The molecule has 11 aromatic carbocycles. The average Bonchev–Trinajstić information content (AvgIpc) is 3.40. The highest BCUT2D eigenvalue weighted by Gasteiger charge is 2.16. The van der Waals surface area contributed by atoms with E-state index in [1.54, 1.807) is 0 Å². The van der Waals surface area contributed by atoms with Crippen molar-refractivity contribution in [3.63, 3.8) is 0 Å². The SMILES string of the molecule is c1ccc(-c2ccc(N(c3ccc(-c4ccc(-c5ccccc5-c5ccccc5)cc4)cc3)c3ccc(-c4cccc5cccc(-c6cccc(-c7ccccc7)c6)c45)cc3)cc2)cc1. The molecule has 11 aromatic rings. The van der Waals surface area contributed by atoms with Crippen LogP contribution in [0.4, 0.5) is 17.1 Å². The maximum atomic E-state index is 2.36. The largest absolute Gasteiger partial charge is 0.311 e. The Kier molecular flexibility index (Phi) is 10.7. The molecule has 0 radical (unpaired) electrons. The molecule has 0 aromatic heterocycles. The second kappa shape index (κ2) is 17.7. The molecule has 0 aliphatic rings. The highest BCUT2D eigenvalue weighted by molar-refractivity contribution is 6.07. The molecule has 0 unspecified atom stereocenters. The smallest absolute Gasteiger partial charge is 0.0462 e. The Balaban J connectivity index is 0.938. The van der Waals surface area contributed by atoms with Crippen molar-refractivity contribution >= 4 is 27.8 Å². The first kappa shape index (κ1) is 39.3. The van der Waals surface area contributed by atoms with E-state index in [2.05, 4.69) is 278 Å². The minimum atomic E-state index is 1.09. The molecular weight excluding hydrogens is 783 g/mol. The van der Waals surface area contributed by atoms with E-state index in [1.807, 2.05) is 0 Å². The van der Waals surface area contributed by atoms with E-state index in [9.17, 15) is 0 Å². The van der Waals surface area contributed by atoms with Crippen LogP contribution in [0.25, 0.3) is 88.7 Å². The van der Waals surface area contributed by atoms with Crippen molar-refractivity contribution in [1.29, 1.82) is 0 Å². The van der Waals surface area contributed by atoms with Crippen LogP contribution < -0.4 is 4.90 Å². The van der Waals surface area contributed by atoms with Crippen molar-refractivity contribution in [3.05, 3.63) is 273 Å². The van der Waals surface area contributed by atoms with E-state index in [4.69, 9.17) is 0 Å². The summed E-state index contributed by atoms with van der Waals surface area (Å²) in [6.07, 6.45) is 0. The van der Waals surface area contributed by atoms with Crippen LogP contribution in [0.5, 0.6) is 0 Å². The van der Waals surface area contributed by atoms with Gasteiger partial charge in [-0.1, -0.05) is 231 Å². The molecule has 1 nitrogen and oxygen atoms in total. The fourth-order valence-electron chi connectivity index (χ4n) is 9.24. The van der Waals surface area contributed by atoms with Crippen LogP contribution in [-0.4, -0.2) is 0 Å². The molecule has 306 valence electrons. The third-order valence-corrected chi connectivity index (χ3v) is 12.5. The Labute approximate surface area is 381 Å². The fraction of sp³-hybridized carbons (Fsp3) is 0. The minimum Gasteiger partial charge on any atom is -0.311 e. The molecule has 0 saturated heterocycles. The van der Waals surface area contributed by atoms with Crippen molar-refractivity contribution in [3.8, 4) is 77.9 Å². The summed E-state index contributed by atoms with van der Waals surface area (Å²) in [5.74, 6) is 0. The van der Waals surface area contributed by atoms with Crippen LogP contribution in [0, 0.1) is 0 Å². The molecular formula is C64H45N. The van der Waals surface area contributed by atoms with Crippen molar-refractivity contribution in [2.75, 3.05) is 4.90 Å². The number of fused-ring (bicyclic) bond motifs is 1. The molecule has 11 rings (SSSR count). The Morgan fingerprint density at radius 2 is 0.477 bits per heavy atom. The van der Waals surface area contributed by atoms with Gasteiger partial charge >= 0.3 is 0 Å². The van der Waals surface area contributed by atoms with Gasteiger partial charge in [0, 0.05) is 17.1 Å². The Morgan fingerprint density at radius 1 is 0.185 bits per heavy atom. The normalized spacial score (nSPS) is 11.1. The van der Waals surface area contributed by atoms with E-state index in [1.165, 1.54) is 88.7 Å². The summed E-state index contributed by atoms with van der Waals surface area (Å²) < 4.78 is 0. The van der Waals surface area contributed by atoms with Crippen molar-refractivity contribution in [1.82, 2.24) is 0 Å². The molecule has 0 aliphatic heterocycles. The molecule has 0 fully saturated rings. The van der Waals surface area contributed by atoms with Crippen molar-refractivity contribution < 1.29 is 0 Å². The molecule has 0 heterocycles. The number of benzene rings is 11. The van der Waals surface area contributed by atoms with Gasteiger partial charge in [0.1, 0.15) is 0 Å². The predicted molar refractivity (Wildman–Crippen MR) is 277 cm³/mol. The van der Waals surface area contributed by atoms with Gasteiger partial charge in [0.05, 0.1) is 0 Å². The second-order valence-electron chi connectivity index (χ2n) is 16.5. The first-order valence-electron chi connectivity index (χ1n) is 22.3. The highest BCUT2D eigenvalue weighted by atomic mass is 15.1. The summed E-state index contributed by atoms with van der Waals surface area (Å²) >= 11 is 0. The standard InChI is InChI=1S/C64H45N/c1-4-15-46(16-5-1)49-33-39-57(40-34-49)65(58-41-35-50(36-42-58)48-29-31-52(32-30-48)61-26-11-10-25-60(61)51-19-8-3-9-20-51)59-43-37-53(38-44-59)62-27-13-21-54-22-14-28-63(64(54)62)56-24-12-23-55(45-56)47-17-6-2-7-18-47/h1-45H. The van der Waals surface area contributed by atoms with Crippen LogP contribution in [0.2, 0.25) is 0 Å². The Bertz CT molecular complexity index is 3350. The molecule has 0 bridgehead atoms. The second-order valence-corrected chi connectivity index (χ2v) is 16.5. The summed E-state index contributed by atoms with van der Waals surface area (Å²) in [6, 6.07) is 98.7. The fourth-order valence-corrected chi connectivity index (χ4v) is 9.24. The van der Waals surface area contributed by atoms with E-state index < -0.39 is 0 Å². The van der Waals surface area contributed by atoms with Crippen LogP contribution in [0.3, 0.4) is 0 Å². The first-order valence-corrected chi connectivity index (χ1v) is 22.3. The van der Waals surface area contributed by atoms with Crippen LogP contribution >= 0.6 is 0 Å². The zero-order valence-corrected chi connectivity index (χ0v) is 35.9. The van der Waals surface area contributed by atoms with E-state index in [0.29, 0.717) is 0 Å². The first-order chi connectivity index (χ1) is 32.2. The average molecular weight is 828 g/mol. The Morgan fingerprint density at radius 3 is 0.985 bits per heavy atom. The van der Waals surface area contributed by atoms with E-state index >= 15 is 0 Å². The highest BCUT2D eigenvalue weighted by Crippen LogP contribution is 2.41. The number of hydrogen-bond acceptors (Lipinski definition) is 1. The van der Waals surface area contributed by atoms with E-state index in [0.717, 1.165) is 17.1 Å². The minimum absolute atomic E-state index is 1.09. The summed E-state index contributed by atoms with van der Waals surface area (Å²) in [4.78, 5) is 2.36. The third-order valence-electron chi connectivity index (χ3n) is 12.5. The molecule has 0 spiro atoms. The molecule has 0 atom stereocenters. The number of anilines is 3. The topological polar surface area (TPSA) is 3.24 Å². The molecule has 0 aliphatic carbocycles. The molecule has 0 saturated carbocycles. The maximum Gasteiger partial charge on any atom is 0.0462 e. The quantitative estimate of drug-likeness (QED) is 0.133. The van der Waals surface area contributed by atoms with Crippen molar-refractivity contribution in [2.24, 2.45) is 0 Å². The predicted octanol–water partition coefficient (Wildman–Crippen LogP) is 18.0. The summed E-state index contributed by atoms with van der Waals surface area (Å²) in [5.41, 5.74) is 20.2. The van der Waals surface area contributed by atoms with Crippen LogP contribution in [0.15, 0.2) is 273 Å². The zero-order chi connectivity index (χ0) is 43.4. The lowest BCUT2D eigenvalue weighted by atomic mass is 9.90. The van der Waals surface area contributed by atoms with Gasteiger partial charge in [-0.05, 0) is 131 Å². The van der Waals surface area contributed by atoms with Crippen LogP contribution in [-0.2, 0) is 0 Å². The van der Waals surface area contributed by atoms with Gasteiger partial charge in [-0.2, -0.15) is 0 Å². The number of hydrogen-bond donors (Lipinski definition) is 0. The molecule has 0 N–H and O–H groups in total. The number of nitrogens with zero attached hydrogens (tertiary/aromatic N) is 1. The van der Waals surface area contributed by atoms with Gasteiger partial charge in [-0.25, -0.2) is 0 Å². The van der Waals surface area contributed by atoms with Crippen LogP contribution in [0.1, 0.15) is 0 Å². The Hall–Kier alpha value is -8.52. The summed E-state index contributed by atoms with van der Waals surface area (Å²) in [7, 11) is 0. The lowest BCUT2D eigenvalue weighted by Gasteiger charge is -2.26. The lowest BCUT2D eigenvalue weighted by molar-refractivity contribution is 1.28. The lowest BCUT2D eigenvalue weighted by Crippen LogP contribution is -2.09. The van der Waals surface area contributed by atoms with Gasteiger partial charge in [0.15, 0.2) is 0 Å². The van der Waals surface area contributed by atoms with Gasteiger partial charge in [-0.15, -0.1) is 0 Å². The third kappa shape index (κ3) is 8.04. The monoisotopic (exact) mass is 827 g/mol. The van der Waals surface area contributed by atoms with E-state index in [-0.39, 0.29) is 0 Å². The molecule has 1 heteroatoms. The zero-order valence-electron chi connectivity index (χ0n) is 35.9. The number of rotatable bonds is 10. The van der Waals surface area contributed by atoms with Gasteiger partial charge in [0.25, 0.3) is 0 Å². The van der Waals surface area contributed by atoms with Crippen molar-refractivity contribution in [2.45, 2.75) is 0 Å².